The van der Waals surface area contributed by atoms with Gasteiger partial charge in [-0.3, -0.25) is 0 Å². The van der Waals surface area contributed by atoms with Crippen LogP contribution in [-0.4, -0.2) is 11.4 Å². The predicted octanol–water partition coefficient (Wildman–Crippen LogP) is 1.95. The summed E-state index contributed by atoms with van der Waals surface area (Å²) in [5.41, 5.74) is 0. The van der Waals surface area contributed by atoms with Gasteiger partial charge in [0.15, 0.2) is 0 Å². The topological polar surface area (TPSA) is 9.23 Å². The highest BCUT2D eigenvalue weighted by molar-refractivity contribution is 7.98. The van der Waals surface area contributed by atoms with E-state index in [1.807, 2.05) is 0 Å². The maximum atomic E-state index is 5.01. The number of hydrogen-bond acceptors (Lipinski definition) is 3. The maximum absolute atomic E-state index is 5.01. The zero-order valence-corrected chi connectivity index (χ0v) is 6.79. The Labute approximate surface area is 61.6 Å². The molecule has 1 nitrogen and oxygen atoms in total. The van der Waals surface area contributed by atoms with E-state index in [4.69, 9.17) is 4.74 Å². The Morgan fingerprint density at radius 3 is 2.50 bits per heavy atom. The minimum atomic E-state index is -0.207. The Bertz CT molecular complexity index is 47.7. The second-order valence-corrected chi connectivity index (χ2v) is 2.90. The fraction of sp³-hybridized carbons (Fsp3) is 1.00. The highest BCUT2D eigenvalue weighted by atomic mass is 32.2. The van der Waals surface area contributed by atoms with Gasteiger partial charge in [0.05, 0.1) is 0 Å². The predicted molar refractivity (Wildman–Crippen MR) is 42.6 cm³/mol. The Balaban J connectivity index is 2.72. The summed E-state index contributed by atoms with van der Waals surface area (Å²) in [5.74, 6) is 0. The van der Waals surface area contributed by atoms with Crippen LogP contribution in [0.5, 0.6) is 0 Å². The molecular formula is C5H12OS2. The SMILES string of the molecule is CCCCOC(S)S. The first kappa shape index (κ1) is 8.66. The number of hydrogen-bond donors (Lipinski definition) is 2. The average Bonchev–Trinajstić information content (AvgIpc) is 1.66. The molecule has 0 unspecified atom stereocenters. The van der Waals surface area contributed by atoms with E-state index in [1.165, 1.54) is 0 Å². The van der Waals surface area contributed by atoms with E-state index in [1.54, 1.807) is 0 Å². The third kappa shape index (κ3) is 6.66. The quantitative estimate of drug-likeness (QED) is 0.356. The molecule has 0 aromatic rings. The lowest BCUT2D eigenvalue weighted by atomic mass is 10.4. The van der Waals surface area contributed by atoms with E-state index >= 15 is 0 Å². The van der Waals surface area contributed by atoms with E-state index < -0.39 is 0 Å². The molecule has 0 saturated carbocycles. The van der Waals surface area contributed by atoms with Crippen LogP contribution in [0.1, 0.15) is 19.8 Å². The van der Waals surface area contributed by atoms with Gasteiger partial charge in [0, 0.05) is 6.61 Å². The van der Waals surface area contributed by atoms with Crippen molar-refractivity contribution < 1.29 is 4.74 Å². The summed E-state index contributed by atoms with van der Waals surface area (Å²) in [6, 6.07) is 0. The van der Waals surface area contributed by atoms with Crippen LogP contribution in [0.15, 0.2) is 0 Å². The van der Waals surface area contributed by atoms with E-state index in [2.05, 4.69) is 32.2 Å². The van der Waals surface area contributed by atoms with Gasteiger partial charge in [0.2, 0.25) is 0 Å². The molecule has 0 aliphatic rings. The first-order valence-electron chi connectivity index (χ1n) is 2.75. The van der Waals surface area contributed by atoms with Crippen LogP contribution in [-0.2, 0) is 4.74 Å². The standard InChI is InChI=1S/C5H12OS2/c1-2-3-4-6-5(7)8/h5,7-8H,2-4H2,1H3. The molecule has 0 radical (unpaired) electrons. The van der Waals surface area contributed by atoms with Crippen LogP contribution in [0.4, 0.5) is 0 Å². The molecular weight excluding hydrogens is 140 g/mol. The van der Waals surface area contributed by atoms with Gasteiger partial charge >= 0.3 is 0 Å². The summed E-state index contributed by atoms with van der Waals surface area (Å²) in [6.07, 6.45) is 2.26. The van der Waals surface area contributed by atoms with Crippen LogP contribution in [0, 0.1) is 0 Å². The van der Waals surface area contributed by atoms with Crippen molar-refractivity contribution in [2.75, 3.05) is 6.61 Å². The van der Waals surface area contributed by atoms with Crippen LogP contribution in [0.3, 0.4) is 0 Å². The van der Waals surface area contributed by atoms with E-state index in [0.717, 1.165) is 19.4 Å². The van der Waals surface area contributed by atoms with E-state index in [-0.39, 0.29) is 4.77 Å². The van der Waals surface area contributed by atoms with Gasteiger partial charge in [-0.2, -0.15) is 0 Å². The molecule has 0 spiro atoms. The molecule has 0 aromatic carbocycles. The maximum Gasteiger partial charge on any atom is 0.144 e. The molecule has 0 N–H and O–H groups in total. The number of ether oxygens (including phenoxy) is 1. The Morgan fingerprint density at radius 2 is 2.12 bits per heavy atom. The third-order valence-electron chi connectivity index (χ3n) is 0.765. The summed E-state index contributed by atoms with van der Waals surface area (Å²) in [5, 5.41) is 0. The molecule has 0 bridgehead atoms. The zero-order valence-electron chi connectivity index (χ0n) is 5.00. The molecule has 0 saturated heterocycles. The molecule has 0 amide bonds. The van der Waals surface area contributed by atoms with Gasteiger partial charge in [-0.15, -0.1) is 25.3 Å². The minimum absolute atomic E-state index is 0.207. The lowest BCUT2D eigenvalue weighted by Crippen LogP contribution is -1.97. The van der Waals surface area contributed by atoms with Gasteiger partial charge in [-0.25, -0.2) is 0 Å². The van der Waals surface area contributed by atoms with Crippen LogP contribution in [0.2, 0.25) is 0 Å². The molecule has 0 atom stereocenters. The van der Waals surface area contributed by atoms with Gasteiger partial charge in [-0.1, -0.05) is 13.3 Å². The summed E-state index contributed by atoms with van der Waals surface area (Å²) >= 11 is 7.83. The van der Waals surface area contributed by atoms with E-state index in [0.29, 0.717) is 0 Å². The summed E-state index contributed by atoms with van der Waals surface area (Å²) in [4.78, 5) is 0. The lowest BCUT2D eigenvalue weighted by Gasteiger charge is -2.02. The molecule has 0 fully saturated rings. The smallest absolute Gasteiger partial charge is 0.144 e. The Kier molecular flexibility index (Phi) is 6.27. The van der Waals surface area contributed by atoms with Crippen LogP contribution < -0.4 is 0 Å². The highest BCUT2D eigenvalue weighted by Crippen LogP contribution is 2.02. The second-order valence-electron chi connectivity index (χ2n) is 1.55. The van der Waals surface area contributed by atoms with Gasteiger partial charge in [0.1, 0.15) is 4.77 Å². The van der Waals surface area contributed by atoms with Gasteiger partial charge in [0.25, 0.3) is 0 Å². The molecule has 0 aliphatic heterocycles. The van der Waals surface area contributed by atoms with Crippen molar-refractivity contribution in [3.63, 3.8) is 0 Å². The molecule has 0 aliphatic carbocycles. The van der Waals surface area contributed by atoms with Gasteiger partial charge < -0.3 is 4.74 Å². The molecule has 3 heteroatoms. The van der Waals surface area contributed by atoms with Crippen molar-refractivity contribution in [1.29, 1.82) is 0 Å². The normalized spacial score (nSPS) is 10.5. The number of rotatable bonds is 4. The first-order chi connectivity index (χ1) is 3.77. The Morgan fingerprint density at radius 1 is 1.50 bits per heavy atom. The summed E-state index contributed by atoms with van der Waals surface area (Å²) < 4.78 is 4.80. The second kappa shape index (κ2) is 5.79. The van der Waals surface area contributed by atoms with Crippen molar-refractivity contribution in [2.45, 2.75) is 24.5 Å². The van der Waals surface area contributed by atoms with Gasteiger partial charge in [-0.05, 0) is 6.42 Å². The average molecular weight is 152 g/mol. The third-order valence-corrected chi connectivity index (χ3v) is 1.06. The Hall–Kier alpha value is 0.660. The fourth-order valence-electron chi connectivity index (χ4n) is 0.333. The molecule has 0 aromatic heterocycles. The van der Waals surface area contributed by atoms with Crippen molar-refractivity contribution in [2.24, 2.45) is 0 Å². The summed E-state index contributed by atoms with van der Waals surface area (Å²) in [6.45, 7) is 2.89. The first-order valence-corrected chi connectivity index (χ1v) is 3.78. The molecule has 8 heavy (non-hydrogen) atoms. The zero-order chi connectivity index (χ0) is 6.41. The minimum Gasteiger partial charge on any atom is -0.358 e. The fourth-order valence-corrected chi connectivity index (χ4v) is 0.544. The number of unbranched alkanes of at least 4 members (excludes halogenated alkanes) is 1. The van der Waals surface area contributed by atoms with Crippen molar-refractivity contribution in [3.05, 3.63) is 0 Å². The summed E-state index contributed by atoms with van der Waals surface area (Å²) in [7, 11) is 0. The van der Waals surface area contributed by atoms with Crippen LogP contribution >= 0.6 is 25.3 Å². The molecule has 0 heterocycles. The van der Waals surface area contributed by atoms with Crippen molar-refractivity contribution in [3.8, 4) is 0 Å². The van der Waals surface area contributed by atoms with Crippen LogP contribution in [0.25, 0.3) is 0 Å². The largest absolute Gasteiger partial charge is 0.358 e. The molecule has 0 rings (SSSR count). The monoisotopic (exact) mass is 152 g/mol. The lowest BCUT2D eigenvalue weighted by molar-refractivity contribution is 0.161. The van der Waals surface area contributed by atoms with Crippen molar-refractivity contribution >= 4 is 25.3 Å². The molecule has 50 valence electrons. The number of thiol groups is 2. The highest BCUT2D eigenvalue weighted by Gasteiger charge is 1.90. The van der Waals surface area contributed by atoms with E-state index in [9.17, 15) is 0 Å². The van der Waals surface area contributed by atoms with Crippen molar-refractivity contribution in [1.82, 2.24) is 0 Å².